The topological polar surface area (TPSA) is 47.6 Å². The van der Waals surface area contributed by atoms with Crippen LogP contribution >= 0.6 is 0 Å². The molecule has 1 aromatic carbocycles. The van der Waals surface area contributed by atoms with Crippen LogP contribution in [0.25, 0.3) is 0 Å². The van der Waals surface area contributed by atoms with Gasteiger partial charge in [0.15, 0.2) is 8.32 Å². The first-order chi connectivity index (χ1) is 12.1. The minimum atomic E-state index is -1.70. The summed E-state index contributed by atoms with van der Waals surface area (Å²) in [6.45, 7) is 16.7. The molecule has 26 heavy (non-hydrogen) atoms. The number of hydrogen-bond donors (Lipinski definition) is 1. The number of amides is 1. The Bertz CT molecular complexity index is 567. The van der Waals surface area contributed by atoms with Gasteiger partial charge in [-0.2, -0.15) is 0 Å². The largest absolute Gasteiger partial charge is 0.493 e. The van der Waals surface area contributed by atoms with Crippen LogP contribution in [0.5, 0.6) is 5.75 Å². The quantitative estimate of drug-likeness (QED) is 0.437. The lowest BCUT2D eigenvalue weighted by Crippen LogP contribution is -2.43. The van der Waals surface area contributed by atoms with Crippen molar-refractivity contribution in [1.82, 2.24) is 5.32 Å². The monoisotopic (exact) mass is 379 g/mol. The third-order valence-corrected chi connectivity index (χ3v) is 9.66. The molecule has 1 N–H and O–H groups in total. The third kappa shape index (κ3) is 7.12. The van der Waals surface area contributed by atoms with Gasteiger partial charge in [-0.1, -0.05) is 32.9 Å². The number of carbonyl (C=O) groups is 1. The van der Waals surface area contributed by atoms with Crippen LogP contribution in [0.3, 0.4) is 0 Å². The average Bonchev–Trinajstić information content (AvgIpc) is 2.53. The van der Waals surface area contributed by atoms with E-state index in [1.165, 1.54) is 0 Å². The second kappa shape index (κ2) is 10.1. The maximum absolute atomic E-state index is 12.3. The van der Waals surface area contributed by atoms with Crippen molar-refractivity contribution in [3.05, 3.63) is 29.8 Å². The van der Waals surface area contributed by atoms with Crippen molar-refractivity contribution in [1.29, 1.82) is 0 Å². The van der Waals surface area contributed by atoms with Crippen molar-refractivity contribution >= 4 is 14.2 Å². The predicted molar refractivity (Wildman–Crippen MR) is 112 cm³/mol. The molecular formula is C21H37NO3Si. The Morgan fingerprint density at radius 2 is 1.85 bits per heavy atom. The number of ether oxygens (including phenoxy) is 1. The van der Waals surface area contributed by atoms with Crippen LogP contribution in [-0.2, 0) is 4.43 Å². The summed E-state index contributed by atoms with van der Waals surface area (Å²) >= 11 is 0. The summed E-state index contributed by atoms with van der Waals surface area (Å²) in [6.07, 6.45) is 3.29. The van der Waals surface area contributed by atoms with Crippen molar-refractivity contribution in [3.63, 3.8) is 0 Å². The summed E-state index contributed by atoms with van der Waals surface area (Å²) in [7, 11) is -1.70. The molecule has 1 atom stereocenters. The van der Waals surface area contributed by atoms with E-state index in [1.54, 1.807) is 6.07 Å². The van der Waals surface area contributed by atoms with Gasteiger partial charge >= 0.3 is 0 Å². The summed E-state index contributed by atoms with van der Waals surface area (Å²) in [5.41, 5.74) is 0.601. The van der Waals surface area contributed by atoms with Gasteiger partial charge in [-0.3, -0.25) is 4.79 Å². The zero-order chi connectivity index (χ0) is 19.8. The number of rotatable bonds is 10. The first kappa shape index (κ1) is 22.7. The SMILES string of the molecule is CCOc1ccccc1C(=O)NCCCCC(C)O[Si](C)(C)C(C)(C)C. The minimum absolute atomic E-state index is 0.0698. The fourth-order valence-corrected chi connectivity index (χ4v) is 4.01. The molecule has 0 fully saturated rings. The summed E-state index contributed by atoms with van der Waals surface area (Å²) in [5, 5.41) is 3.23. The molecule has 0 aliphatic heterocycles. The number of unbranched alkanes of at least 4 members (excludes halogenated alkanes) is 1. The second-order valence-corrected chi connectivity index (χ2v) is 13.1. The Morgan fingerprint density at radius 3 is 2.46 bits per heavy atom. The Hall–Kier alpha value is -1.33. The van der Waals surface area contributed by atoms with Crippen LogP contribution in [0.15, 0.2) is 24.3 Å². The zero-order valence-corrected chi connectivity index (χ0v) is 18.6. The van der Waals surface area contributed by atoms with Crippen LogP contribution in [0.2, 0.25) is 18.1 Å². The van der Waals surface area contributed by atoms with E-state index in [9.17, 15) is 4.79 Å². The number of benzene rings is 1. The van der Waals surface area contributed by atoms with Gasteiger partial charge in [0, 0.05) is 12.6 Å². The molecule has 0 saturated heterocycles. The molecule has 1 unspecified atom stereocenters. The minimum Gasteiger partial charge on any atom is -0.493 e. The highest BCUT2D eigenvalue weighted by Gasteiger charge is 2.38. The van der Waals surface area contributed by atoms with Crippen LogP contribution in [-0.4, -0.2) is 33.5 Å². The number of nitrogens with one attached hydrogen (secondary N) is 1. The van der Waals surface area contributed by atoms with Crippen LogP contribution < -0.4 is 10.1 Å². The molecule has 1 amide bonds. The lowest BCUT2D eigenvalue weighted by atomic mass is 10.1. The first-order valence-corrected chi connectivity index (χ1v) is 12.7. The molecule has 0 bridgehead atoms. The normalized spacial score (nSPS) is 13.3. The lowest BCUT2D eigenvalue weighted by Gasteiger charge is -2.38. The van der Waals surface area contributed by atoms with E-state index in [2.05, 4.69) is 46.1 Å². The number of carbonyl (C=O) groups excluding carboxylic acids is 1. The zero-order valence-electron chi connectivity index (χ0n) is 17.6. The van der Waals surface area contributed by atoms with Gasteiger partial charge in [-0.15, -0.1) is 0 Å². The maximum Gasteiger partial charge on any atom is 0.255 e. The molecule has 5 heteroatoms. The van der Waals surface area contributed by atoms with E-state index in [1.807, 2.05) is 25.1 Å². The summed E-state index contributed by atoms with van der Waals surface area (Å²) < 4.78 is 11.9. The van der Waals surface area contributed by atoms with Gasteiger partial charge in [0.05, 0.1) is 12.2 Å². The molecule has 0 aromatic heterocycles. The molecule has 0 radical (unpaired) electrons. The number of hydrogen-bond acceptors (Lipinski definition) is 3. The molecule has 148 valence electrons. The van der Waals surface area contributed by atoms with E-state index < -0.39 is 8.32 Å². The van der Waals surface area contributed by atoms with Gasteiger partial charge in [-0.25, -0.2) is 0 Å². The molecule has 0 spiro atoms. The summed E-state index contributed by atoms with van der Waals surface area (Å²) in [5.74, 6) is 0.573. The van der Waals surface area contributed by atoms with Crippen molar-refractivity contribution < 1.29 is 14.0 Å². The Kier molecular flexibility index (Phi) is 8.84. The van der Waals surface area contributed by atoms with Crippen molar-refractivity contribution in [2.24, 2.45) is 0 Å². The van der Waals surface area contributed by atoms with E-state index in [0.29, 0.717) is 24.5 Å². The molecule has 0 saturated carbocycles. The summed E-state index contributed by atoms with van der Waals surface area (Å²) in [6, 6.07) is 7.37. The van der Waals surface area contributed by atoms with Crippen molar-refractivity contribution in [2.75, 3.05) is 13.2 Å². The average molecular weight is 380 g/mol. The molecule has 4 nitrogen and oxygen atoms in total. The van der Waals surface area contributed by atoms with Gasteiger partial charge in [0.1, 0.15) is 5.75 Å². The maximum atomic E-state index is 12.3. The molecular weight excluding hydrogens is 342 g/mol. The lowest BCUT2D eigenvalue weighted by molar-refractivity contribution is 0.0949. The van der Waals surface area contributed by atoms with Gasteiger partial charge in [0.2, 0.25) is 0 Å². The molecule has 0 aliphatic rings. The molecule has 1 aromatic rings. The Morgan fingerprint density at radius 1 is 1.19 bits per heavy atom. The van der Waals surface area contributed by atoms with E-state index in [0.717, 1.165) is 19.3 Å². The fourth-order valence-electron chi connectivity index (χ4n) is 2.53. The highest BCUT2D eigenvalue weighted by molar-refractivity contribution is 6.74. The molecule has 0 aliphatic carbocycles. The molecule has 0 heterocycles. The van der Waals surface area contributed by atoms with Crippen molar-refractivity contribution in [2.45, 2.75) is 78.1 Å². The first-order valence-electron chi connectivity index (χ1n) is 9.76. The van der Waals surface area contributed by atoms with Crippen LogP contribution in [0.4, 0.5) is 0 Å². The second-order valence-electron chi connectivity index (χ2n) is 8.37. The van der Waals surface area contributed by atoms with Gasteiger partial charge in [-0.05, 0) is 63.4 Å². The summed E-state index contributed by atoms with van der Waals surface area (Å²) in [4.78, 5) is 12.3. The van der Waals surface area contributed by atoms with Gasteiger partial charge in [0.25, 0.3) is 5.91 Å². The molecule has 1 rings (SSSR count). The van der Waals surface area contributed by atoms with E-state index >= 15 is 0 Å². The van der Waals surface area contributed by atoms with Crippen LogP contribution in [0, 0.1) is 0 Å². The Balaban J connectivity index is 2.34. The van der Waals surface area contributed by atoms with Gasteiger partial charge < -0.3 is 14.5 Å². The smallest absolute Gasteiger partial charge is 0.255 e. The van der Waals surface area contributed by atoms with Crippen LogP contribution in [0.1, 0.15) is 64.2 Å². The Labute approximate surface area is 160 Å². The van der Waals surface area contributed by atoms with E-state index in [-0.39, 0.29) is 17.0 Å². The standard InChI is InChI=1S/C21H37NO3Si/c1-8-24-19-15-10-9-14-18(19)20(23)22-16-12-11-13-17(2)25-26(6,7)21(3,4)5/h9-10,14-15,17H,8,11-13,16H2,1-7H3,(H,22,23). The fraction of sp³-hybridized carbons (Fsp3) is 0.667. The predicted octanol–water partition coefficient (Wildman–Crippen LogP) is 5.40. The third-order valence-electron chi connectivity index (χ3n) is 5.06. The highest BCUT2D eigenvalue weighted by Crippen LogP contribution is 2.37. The highest BCUT2D eigenvalue weighted by atomic mass is 28.4. The van der Waals surface area contributed by atoms with Crippen molar-refractivity contribution in [3.8, 4) is 5.75 Å². The van der Waals surface area contributed by atoms with E-state index in [4.69, 9.17) is 9.16 Å². The number of para-hydroxylation sites is 1.